The summed E-state index contributed by atoms with van der Waals surface area (Å²) in [6, 6.07) is 9.00. The van der Waals surface area contributed by atoms with Gasteiger partial charge in [-0.1, -0.05) is 56.3 Å². The second-order valence-electron chi connectivity index (χ2n) is 7.24. The summed E-state index contributed by atoms with van der Waals surface area (Å²) in [4.78, 5) is 0. The molecule has 1 aliphatic rings. The van der Waals surface area contributed by atoms with Crippen molar-refractivity contribution in [2.75, 3.05) is 0 Å². The first-order valence-electron chi connectivity index (χ1n) is 8.56. The maximum Gasteiger partial charge on any atom is 0.150 e. The molecule has 1 heterocycles. The third-order valence-electron chi connectivity index (χ3n) is 5.29. The van der Waals surface area contributed by atoms with Gasteiger partial charge in [-0.25, -0.2) is 0 Å². The summed E-state index contributed by atoms with van der Waals surface area (Å²) in [5.74, 6) is 0.820. The van der Waals surface area contributed by atoms with Crippen LogP contribution in [0, 0.1) is 6.92 Å². The van der Waals surface area contributed by atoms with E-state index >= 15 is 0 Å². The number of fused-ring (bicyclic) bond motifs is 5. The summed E-state index contributed by atoms with van der Waals surface area (Å²) in [6.45, 7) is 12.7. The van der Waals surface area contributed by atoms with Crippen molar-refractivity contribution in [3.05, 3.63) is 69.4 Å². The quantitative estimate of drug-likeness (QED) is 0.440. The lowest BCUT2D eigenvalue weighted by molar-refractivity contribution is 0.601. The van der Waals surface area contributed by atoms with Crippen LogP contribution in [0.15, 0.2) is 45.8 Å². The first kappa shape index (κ1) is 16.4. The van der Waals surface area contributed by atoms with Crippen LogP contribution in [-0.2, 0) is 5.41 Å². The average Bonchev–Trinajstić information content (AvgIpc) is 3.03. The summed E-state index contributed by atoms with van der Waals surface area (Å²) in [7, 11) is 0. The Morgan fingerprint density at radius 3 is 2.60 bits per heavy atom. The Morgan fingerprint density at radius 1 is 1.16 bits per heavy atom. The van der Waals surface area contributed by atoms with Gasteiger partial charge in [0.2, 0.25) is 0 Å². The molecule has 1 aromatic heterocycles. The van der Waals surface area contributed by atoms with E-state index in [2.05, 4.69) is 79.7 Å². The van der Waals surface area contributed by atoms with Crippen molar-refractivity contribution in [3.8, 4) is 11.1 Å². The molecular weight excluding hydrogens is 372 g/mol. The molecule has 0 atom stereocenters. The Hall–Kier alpha value is -2.06. The monoisotopic (exact) mass is 392 g/mol. The van der Waals surface area contributed by atoms with Crippen molar-refractivity contribution in [2.24, 2.45) is 0 Å². The molecule has 0 amide bonds. The fourth-order valence-corrected chi connectivity index (χ4v) is 4.58. The van der Waals surface area contributed by atoms with Gasteiger partial charge in [-0.3, -0.25) is 0 Å². The van der Waals surface area contributed by atoms with Crippen LogP contribution in [0.4, 0.5) is 0 Å². The topological polar surface area (TPSA) is 13.1 Å². The van der Waals surface area contributed by atoms with E-state index in [9.17, 15) is 0 Å². The Bertz CT molecular complexity index is 1060. The van der Waals surface area contributed by atoms with Crippen molar-refractivity contribution in [1.82, 2.24) is 0 Å². The Balaban J connectivity index is 2.25. The maximum atomic E-state index is 6.15. The highest BCUT2D eigenvalue weighted by molar-refractivity contribution is 9.10. The van der Waals surface area contributed by atoms with Crippen LogP contribution in [-0.4, -0.2) is 0 Å². The fourth-order valence-electron chi connectivity index (χ4n) is 4.07. The molecule has 0 aliphatic heterocycles. The van der Waals surface area contributed by atoms with Gasteiger partial charge in [0, 0.05) is 16.4 Å². The fraction of sp³-hybridized carbons (Fsp3) is 0.217. The number of aryl methyl sites for hydroxylation is 1. The van der Waals surface area contributed by atoms with Crippen LogP contribution >= 0.6 is 15.9 Å². The van der Waals surface area contributed by atoms with Crippen LogP contribution in [0.1, 0.15) is 48.8 Å². The maximum absolute atomic E-state index is 6.15. The molecule has 0 N–H and O–H groups in total. The van der Waals surface area contributed by atoms with Crippen LogP contribution in [0.25, 0.3) is 34.2 Å². The van der Waals surface area contributed by atoms with Crippen molar-refractivity contribution in [2.45, 2.75) is 33.1 Å². The summed E-state index contributed by atoms with van der Waals surface area (Å²) in [5, 5.41) is 1.17. The van der Waals surface area contributed by atoms with Crippen LogP contribution in [0.3, 0.4) is 0 Å². The summed E-state index contributed by atoms with van der Waals surface area (Å²) < 4.78 is 7.15. The second-order valence-corrected chi connectivity index (χ2v) is 8.10. The number of hydrogen-bond acceptors (Lipinski definition) is 1. The lowest BCUT2D eigenvalue weighted by Crippen LogP contribution is -2.15. The summed E-state index contributed by atoms with van der Waals surface area (Å²) in [5.41, 5.74) is 8.59. The Kier molecular flexibility index (Phi) is 3.59. The highest BCUT2D eigenvalue weighted by Crippen LogP contribution is 2.54. The third kappa shape index (κ3) is 2.13. The molecule has 0 spiro atoms. The predicted octanol–water partition coefficient (Wildman–Crippen LogP) is 7.49. The average molecular weight is 393 g/mol. The van der Waals surface area contributed by atoms with Gasteiger partial charge in [-0.05, 0) is 64.2 Å². The minimum atomic E-state index is -0.0355. The van der Waals surface area contributed by atoms with Crippen molar-refractivity contribution in [3.63, 3.8) is 0 Å². The van der Waals surface area contributed by atoms with E-state index in [0.29, 0.717) is 0 Å². The molecule has 1 aliphatic carbocycles. The predicted molar refractivity (Wildman–Crippen MR) is 111 cm³/mol. The highest BCUT2D eigenvalue weighted by Gasteiger charge is 2.38. The molecule has 25 heavy (non-hydrogen) atoms. The number of hydrogen-bond donors (Lipinski definition) is 0. The van der Waals surface area contributed by atoms with Gasteiger partial charge in [0.1, 0.15) is 11.3 Å². The molecule has 0 radical (unpaired) electrons. The zero-order chi connectivity index (χ0) is 17.9. The summed E-state index contributed by atoms with van der Waals surface area (Å²) in [6.07, 6.45) is 5.97. The lowest BCUT2D eigenvalue weighted by atomic mass is 9.82. The molecule has 4 rings (SSSR count). The molecule has 3 aromatic rings. The molecule has 2 heteroatoms. The number of rotatable bonds is 2. The number of benzene rings is 2. The van der Waals surface area contributed by atoms with Gasteiger partial charge >= 0.3 is 0 Å². The van der Waals surface area contributed by atoms with E-state index in [1.807, 2.05) is 6.92 Å². The first-order valence-corrected chi connectivity index (χ1v) is 9.35. The van der Waals surface area contributed by atoms with E-state index in [1.165, 1.54) is 33.2 Å². The highest BCUT2D eigenvalue weighted by atomic mass is 79.9. The van der Waals surface area contributed by atoms with Crippen LogP contribution < -0.4 is 0 Å². The van der Waals surface area contributed by atoms with Crippen molar-refractivity contribution in [1.29, 1.82) is 0 Å². The molecule has 1 nitrogen and oxygen atoms in total. The van der Waals surface area contributed by atoms with Crippen molar-refractivity contribution < 1.29 is 4.42 Å². The van der Waals surface area contributed by atoms with E-state index in [0.717, 1.165) is 21.4 Å². The third-order valence-corrected chi connectivity index (χ3v) is 5.88. The molecule has 0 unspecified atom stereocenters. The van der Waals surface area contributed by atoms with Crippen molar-refractivity contribution >= 4 is 39.1 Å². The van der Waals surface area contributed by atoms with E-state index < -0.39 is 0 Å². The van der Waals surface area contributed by atoms with Crippen LogP contribution in [0.2, 0.25) is 0 Å². The smallest absolute Gasteiger partial charge is 0.150 e. The molecule has 0 fully saturated rings. The van der Waals surface area contributed by atoms with Gasteiger partial charge in [0.25, 0.3) is 0 Å². The molecule has 0 saturated carbocycles. The first-order chi connectivity index (χ1) is 11.9. The van der Waals surface area contributed by atoms with Gasteiger partial charge < -0.3 is 4.42 Å². The normalized spacial score (nSPS) is 14.9. The zero-order valence-electron chi connectivity index (χ0n) is 15.0. The number of furan rings is 1. The van der Waals surface area contributed by atoms with Gasteiger partial charge in [0.15, 0.2) is 0 Å². The van der Waals surface area contributed by atoms with E-state index in [4.69, 9.17) is 4.42 Å². The molecular formula is C23H21BrO. The minimum absolute atomic E-state index is 0.0355. The molecule has 0 saturated heterocycles. The second kappa shape index (κ2) is 5.47. The summed E-state index contributed by atoms with van der Waals surface area (Å²) >= 11 is 3.74. The Morgan fingerprint density at radius 2 is 1.92 bits per heavy atom. The van der Waals surface area contributed by atoms with Gasteiger partial charge in [-0.15, -0.1) is 0 Å². The lowest BCUT2D eigenvalue weighted by Gasteiger charge is -2.22. The van der Waals surface area contributed by atoms with Crippen LogP contribution in [0.5, 0.6) is 0 Å². The van der Waals surface area contributed by atoms with E-state index in [-0.39, 0.29) is 5.41 Å². The number of halogens is 1. The van der Waals surface area contributed by atoms with E-state index in [1.54, 1.807) is 6.08 Å². The molecule has 2 aromatic carbocycles. The SMILES string of the molecule is C=Cc1oc2c(Br)cc3c(c2c1/C=C\C)-c1ccc(C)cc1C3(C)C. The molecule has 0 bridgehead atoms. The molecule has 126 valence electrons. The minimum Gasteiger partial charge on any atom is -0.455 e. The largest absolute Gasteiger partial charge is 0.455 e. The van der Waals surface area contributed by atoms with Gasteiger partial charge in [-0.2, -0.15) is 0 Å². The number of allylic oxidation sites excluding steroid dienone is 1. The standard InChI is InChI=1S/C23H21BrO/c1-6-8-15-19(7-2)25-22-18(24)12-17-20(21(15)22)14-10-9-13(3)11-16(14)23(17,4)5/h6-12H,2H2,1,3-5H3/b8-6-. The van der Waals surface area contributed by atoms with Gasteiger partial charge in [0.05, 0.1) is 4.47 Å². The zero-order valence-corrected chi connectivity index (χ0v) is 16.6. The Labute approximate surface area is 157 Å².